The highest BCUT2D eigenvalue weighted by molar-refractivity contribution is 14.0. The number of nitrogens with zero attached hydrogens (tertiary/aromatic N) is 3. The standard InChI is InChI=1S/C22H33N5O2.HI/c1-3-23-22(25-16-17-10-9-14-26(17)4-2)24-13-7-8-15-27-20(28)18-11-5-6-12-19(18)21(27)29;/h5-6,11-12,17H,3-4,7-10,13-16H2,1-2H3,(H2,23,24,25);1H. The first kappa shape index (κ1) is 24.6. The number of guanidine groups is 1. The van der Waals surface area contributed by atoms with Crippen molar-refractivity contribution in [2.45, 2.75) is 45.6 Å². The minimum absolute atomic E-state index is 0. The zero-order valence-corrected chi connectivity index (χ0v) is 20.4. The average molecular weight is 527 g/mol. The molecule has 1 unspecified atom stereocenters. The maximum Gasteiger partial charge on any atom is 0.261 e. The van der Waals surface area contributed by atoms with E-state index in [-0.39, 0.29) is 35.8 Å². The zero-order valence-electron chi connectivity index (χ0n) is 18.0. The molecule has 1 atom stereocenters. The SMILES string of the molecule is CCNC(=NCC1CCCN1CC)NCCCCN1C(=O)c2ccccc2C1=O.I. The number of fused-ring (bicyclic) bond motifs is 1. The summed E-state index contributed by atoms with van der Waals surface area (Å²) in [5.74, 6) is 0.493. The van der Waals surface area contributed by atoms with Crippen LogP contribution in [-0.2, 0) is 0 Å². The number of halogens is 1. The van der Waals surface area contributed by atoms with Crippen LogP contribution in [0.2, 0.25) is 0 Å². The lowest BCUT2D eigenvalue weighted by Gasteiger charge is -2.21. The van der Waals surface area contributed by atoms with E-state index in [0.29, 0.717) is 23.7 Å². The molecule has 0 radical (unpaired) electrons. The monoisotopic (exact) mass is 527 g/mol. The third-order valence-electron chi connectivity index (χ3n) is 5.69. The van der Waals surface area contributed by atoms with Crippen LogP contribution >= 0.6 is 24.0 Å². The van der Waals surface area contributed by atoms with Gasteiger partial charge in [0.05, 0.1) is 17.7 Å². The molecule has 3 rings (SSSR count). The molecule has 0 spiro atoms. The first-order valence-corrected chi connectivity index (χ1v) is 10.9. The number of amides is 2. The number of likely N-dealkylation sites (N-methyl/N-ethyl adjacent to an activating group) is 1. The highest BCUT2D eigenvalue weighted by Crippen LogP contribution is 2.22. The van der Waals surface area contributed by atoms with Gasteiger partial charge in [-0.25, -0.2) is 0 Å². The van der Waals surface area contributed by atoms with E-state index in [2.05, 4.69) is 29.4 Å². The van der Waals surface area contributed by atoms with Crippen LogP contribution in [0, 0.1) is 0 Å². The van der Waals surface area contributed by atoms with Gasteiger partial charge < -0.3 is 10.6 Å². The lowest BCUT2D eigenvalue weighted by Crippen LogP contribution is -2.40. The second kappa shape index (κ2) is 12.2. The van der Waals surface area contributed by atoms with E-state index in [9.17, 15) is 9.59 Å². The van der Waals surface area contributed by atoms with E-state index in [1.807, 2.05) is 0 Å². The van der Waals surface area contributed by atoms with Crippen molar-refractivity contribution in [2.24, 2.45) is 4.99 Å². The van der Waals surface area contributed by atoms with Gasteiger partial charge in [0.1, 0.15) is 0 Å². The molecule has 2 heterocycles. The van der Waals surface area contributed by atoms with Gasteiger partial charge in [-0.1, -0.05) is 19.1 Å². The minimum Gasteiger partial charge on any atom is -0.357 e. The molecule has 2 aliphatic rings. The number of carbonyl (C=O) groups excluding carboxylic acids is 2. The lowest BCUT2D eigenvalue weighted by molar-refractivity contribution is 0.0652. The second-order valence-corrected chi connectivity index (χ2v) is 7.59. The van der Waals surface area contributed by atoms with Gasteiger partial charge in [0.25, 0.3) is 11.8 Å². The summed E-state index contributed by atoms with van der Waals surface area (Å²) in [5.41, 5.74) is 1.04. The molecule has 2 aliphatic heterocycles. The van der Waals surface area contributed by atoms with Gasteiger partial charge in [0, 0.05) is 25.7 Å². The number of likely N-dealkylation sites (tertiary alicyclic amines) is 1. The average Bonchev–Trinajstić information content (AvgIpc) is 3.29. The van der Waals surface area contributed by atoms with Gasteiger partial charge in [-0.2, -0.15) is 0 Å². The number of imide groups is 1. The Labute approximate surface area is 196 Å². The summed E-state index contributed by atoms with van der Waals surface area (Å²) >= 11 is 0. The van der Waals surface area contributed by atoms with Crippen molar-refractivity contribution in [2.75, 3.05) is 39.3 Å². The summed E-state index contributed by atoms with van der Waals surface area (Å²) in [6.07, 6.45) is 4.11. The Morgan fingerprint density at radius 1 is 1.10 bits per heavy atom. The molecule has 1 aromatic rings. The molecule has 8 heteroatoms. The fourth-order valence-corrected chi connectivity index (χ4v) is 4.10. The predicted octanol–water partition coefficient (Wildman–Crippen LogP) is 2.72. The Balaban J connectivity index is 0.00000320. The number of rotatable bonds is 9. The highest BCUT2D eigenvalue weighted by atomic mass is 127. The molecule has 166 valence electrons. The number of unbranched alkanes of at least 4 members (excludes halogenated alkanes) is 1. The maximum atomic E-state index is 12.4. The minimum atomic E-state index is -0.175. The van der Waals surface area contributed by atoms with E-state index in [0.717, 1.165) is 45.0 Å². The fourth-order valence-electron chi connectivity index (χ4n) is 4.10. The number of benzene rings is 1. The molecular weight excluding hydrogens is 493 g/mol. The van der Waals surface area contributed by atoms with Gasteiger partial charge in [-0.05, 0) is 57.8 Å². The van der Waals surface area contributed by atoms with Crippen LogP contribution in [0.15, 0.2) is 29.3 Å². The summed E-state index contributed by atoms with van der Waals surface area (Å²) in [7, 11) is 0. The van der Waals surface area contributed by atoms with E-state index in [4.69, 9.17) is 4.99 Å². The first-order chi connectivity index (χ1) is 14.2. The third-order valence-corrected chi connectivity index (χ3v) is 5.69. The summed E-state index contributed by atoms with van der Waals surface area (Å²) in [4.78, 5) is 33.4. The van der Waals surface area contributed by atoms with Crippen LogP contribution in [0.25, 0.3) is 0 Å². The normalized spacial score (nSPS) is 19.1. The summed E-state index contributed by atoms with van der Waals surface area (Å²) in [6.45, 7) is 9.39. The van der Waals surface area contributed by atoms with Crippen molar-refractivity contribution in [3.05, 3.63) is 35.4 Å². The van der Waals surface area contributed by atoms with Crippen LogP contribution in [0.3, 0.4) is 0 Å². The topological polar surface area (TPSA) is 77.0 Å². The summed E-state index contributed by atoms with van der Waals surface area (Å²) in [5, 5.41) is 6.67. The molecule has 2 N–H and O–H groups in total. The number of hydrogen-bond acceptors (Lipinski definition) is 4. The predicted molar refractivity (Wildman–Crippen MR) is 131 cm³/mol. The van der Waals surface area contributed by atoms with Gasteiger partial charge in [-0.3, -0.25) is 24.4 Å². The Hall–Kier alpha value is -1.68. The molecule has 0 aromatic heterocycles. The molecule has 0 bridgehead atoms. The van der Waals surface area contributed by atoms with E-state index < -0.39 is 0 Å². The van der Waals surface area contributed by atoms with Crippen molar-refractivity contribution >= 4 is 41.8 Å². The lowest BCUT2D eigenvalue weighted by atomic mass is 10.1. The molecule has 30 heavy (non-hydrogen) atoms. The van der Waals surface area contributed by atoms with Crippen molar-refractivity contribution < 1.29 is 9.59 Å². The van der Waals surface area contributed by atoms with Crippen LogP contribution in [0.5, 0.6) is 0 Å². The highest BCUT2D eigenvalue weighted by Gasteiger charge is 2.34. The molecule has 0 aliphatic carbocycles. The fraction of sp³-hybridized carbons (Fsp3) is 0.591. The van der Waals surface area contributed by atoms with E-state index in [1.165, 1.54) is 24.3 Å². The quantitative estimate of drug-likeness (QED) is 0.170. The van der Waals surface area contributed by atoms with Gasteiger partial charge in [0.15, 0.2) is 5.96 Å². The Bertz CT molecular complexity index is 720. The number of hydrogen-bond donors (Lipinski definition) is 2. The Kier molecular flexibility index (Phi) is 10.0. The molecule has 0 saturated carbocycles. The van der Waals surface area contributed by atoms with Crippen molar-refractivity contribution in [1.82, 2.24) is 20.4 Å². The molecule has 1 saturated heterocycles. The smallest absolute Gasteiger partial charge is 0.261 e. The van der Waals surface area contributed by atoms with Crippen LogP contribution < -0.4 is 10.6 Å². The van der Waals surface area contributed by atoms with Crippen molar-refractivity contribution in [1.29, 1.82) is 0 Å². The second-order valence-electron chi connectivity index (χ2n) is 7.59. The van der Waals surface area contributed by atoms with Gasteiger partial charge in [-0.15, -0.1) is 24.0 Å². The zero-order chi connectivity index (χ0) is 20.6. The van der Waals surface area contributed by atoms with Crippen LogP contribution in [0.4, 0.5) is 0 Å². The Morgan fingerprint density at radius 2 is 1.80 bits per heavy atom. The molecular formula is C22H34IN5O2. The third kappa shape index (κ3) is 5.94. The molecule has 1 aromatic carbocycles. The number of nitrogens with one attached hydrogen (secondary N) is 2. The Morgan fingerprint density at radius 3 is 2.43 bits per heavy atom. The molecule has 7 nitrogen and oxygen atoms in total. The number of aliphatic imine (C=N–C) groups is 1. The summed E-state index contributed by atoms with van der Waals surface area (Å²) in [6, 6.07) is 7.58. The van der Waals surface area contributed by atoms with Crippen LogP contribution in [0.1, 0.15) is 60.2 Å². The van der Waals surface area contributed by atoms with E-state index in [1.54, 1.807) is 24.3 Å². The molecule has 1 fully saturated rings. The van der Waals surface area contributed by atoms with Gasteiger partial charge >= 0.3 is 0 Å². The first-order valence-electron chi connectivity index (χ1n) is 10.9. The van der Waals surface area contributed by atoms with Crippen LogP contribution in [-0.4, -0.2) is 72.9 Å². The van der Waals surface area contributed by atoms with Gasteiger partial charge in [0.2, 0.25) is 0 Å². The van der Waals surface area contributed by atoms with E-state index >= 15 is 0 Å². The summed E-state index contributed by atoms with van der Waals surface area (Å²) < 4.78 is 0. The maximum absolute atomic E-state index is 12.4. The number of carbonyl (C=O) groups is 2. The van der Waals surface area contributed by atoms with Crippen molar-refractivity contribution in [3.63, 3.8) is 0 Å². The molecule has 2 amide bonds. The largest absolute Gasteiger partial charge is 0.357 e. The van der Waals surface area contributed by atoms with Crippen molar-refractivity contribution in [3.8, 4) is 0 Å².